The smallest absolute Gasteiger partial charge is 0.257 e. The number of ether oxygens (including phenoxy) is 2. The molecule has 0 aliphatic carbocycles. The minimum atomic E-state index is -0.689. The average molecular weight is 522 g/mol. The summed E-state index contributed by atoms with van der Waals surface area (Å²) >= 11 is 0. The molecule has 0 bridgehead atoms. The number of hydrogen-bond donors (Lipinski definition) is 1. The van der Waals surface area contributed by atoms with E-state index in [4.69, 9.17) is 9.47 Å². The first kappa shape index (κ1) is 26.7. The van der Waals surface area contributed by atoms with Crippen LogP contribution in [-0.2, 0) is 17.7 Å². The molecular formula is C30H39N3O5. The number of hydrogen-bond acceptors (Lipinski definition) is 6. The van der Waals surface area contributed by atoms with E-state index in [1.54, 1.807) is 23.1 Å². The first-order valence-corrected chi connectivity index (χ1v) is 13.6. The summed E-state index contributed by atoms with van der Waals surface area (Å²) in [6.45, 7) is 11.6. The molecule has 1 fully saturated rings. The second-order valence-electron chi connectivity index (χ2n) is 11.6. The van der Waals surface area contributed by atoms with Crippen LogP contribution in [0.5, 0.6) is 5.75 Å². The highest BCUT2D eigenvalue weighted by Crippen LogP contribution is 2.32. The summed E-state index contributed by atoms with van der Waals surface area (Å²) in [5, 5.41) is 11.0. The standard InChI is InChI=1S/C30H39N3O5/c1-20-17-37-18-21(2)33(20)28(35)23-9-10-26-27(13-23)38-30(3,4)19-32(29(26)36)16-25(34)15-31-12-11-22-7-5-6-8-24(22)14-31/h5-10,13,20-21,25,34H,11-12,14-19H2,1-4H3. The van der Waals surface area contributed by atoms with Crippen molar-refractivity contribution in [1.29, 1.82) is 0 Å². The Morgan fingerprint density at radius 3 is 2.53 bits per heavy atom. The van der Waals surface area contributed by atoms with Crippen LogP contribution < -0.4 is 4.74 Å². The van der Waals surface area contributed by atoms with Crippen molar-refractivity contribution in [2.45, 2.75) is 64.4 Å². The number of aliphatic hydroxyl groups is 1. The summed E-state index contributed by atoms with van der Waals surface area (Å²) in [5.41, 5.74) is 2.88. The van der Waals surface area contributed by atoms with Gasteiger partial charge in [-0.15, -0.1) is 0 Å². The van der Waals surface area contributed by atoms with E-state index in [2.05, 4.69) is 29.2 Å². The fourth-order valence-electron chi connectivity index (χ4n) is 5.97. The predicted octanol–water partition coefficient (Wildman–Crippen LogP) is 2.97. The molecule has 2 amide bonds. The molecule has 3 atom stereocenters. The monoisotopic (exact) mass is 521 g/mol. The van der Waals surface area contributed by atoms with Crippen molar-refractivity contribution in [3.8, 4) is 5.75 Å². The molecule has 8 heteroatoms. The van der Waals surface area contributed by atoms with Crippen molar-refractivity contribution in [2.24, 2.45) is 0 Å². The van der Waals surface area contributed by atoms with Gasteiger partial charge in [0.15, 0.2) is 0 Å². The first-order valence-electron chi connectivity index (χ1n) is 13.6. The van der Waals surface area contributed by atoms with Gasteiger partial charge >= 0.3 is 0 Å². The van der Waals surface area contributed by atoms with E-state index in [1.807, 2.05) is 32.6 Å². The molecule has 2 aromatic carbocycles. The van der Waals surface area contributed by atoms with Crippen molar-refractivity contribution in [2.75, 3.05) is 39.4 Å². The molecule has 8 nitrogen and oxygen atoms in total. The average Bonchev–Trinajstić information content (AvgIpc) is 2.96. The van der Waals surface area contributed by atoms with Gasteiger partial charge in [-0.1, -0.05) is 24.3 Å². The Balaban J connectivity index is 1.30. The zero-order valence-electron chi connectivity index (χ0n) is 22.9. The van der Waals surface area contributed by atoms with Gasteiger partial charge in [0.2, 0.25) is 0 Å². The zero-order valence-corrected chi connectivity index (χ0v) is 22.9. The second kappa shape index (κ2) is 10.7. The van der Waals surface area contributed by atoms with E-state index in [1.165, 1.54) is 11.1 Å². The lowest BCUT2D eigenvalue weighted by Crippen LogP contribution is -2.52. The number of amides is 2. The highest BCUT2D eigenvalue weighted by Gasteiger charge is 2.36. The topological polar surface area (TPSA) is 82.5 Å². The molecule has 0 aromatic heterocycles. The Kier molecular flexibility index (Phi) is 7.49. The zero-order chi connectivity index (χ0) is 27.0. The highest BCUT2D eigenvalue weighted by atomic mass is 16.5. The molecule has 5 rings (SSSR count). The summed E-state index contributed by atoms with van der Waals surface area (Å²) in [7, 11) is 0. The summed E-state index contributed by atoms with van der Waals surface area (Å²) < 4.78 is 11.9. The number of rotatable bonds is 5. The van der Waals surface area contributed by atoms with Gasteiger partial charge in [-0.05, 0) is 63.4 Å². The quantitative estimate of drug-likeness (QED) is 0.652. The minimum absolute atomic E-state index is 0.0329. The van der Waals surface area contributed by atoms with Gasteiger partial charge < -0.3 is 24.4 Å². The van der Waals surface area contributed by atoms with E-state index in [0.29, 0.717) is 43.2 Å². The third-order valence-corrected chi connectivity index (χ3v) is 7.72. The van der Waals surface area contributed by atoms with Gasteiger partial charge in [0, 0.05) is 31.7 Å². The van der Waals surface area contributed by atoms with Crippen LogP contribution in [0.25, 0.3) is 0 Å². The molecule has 3 heterocycles. The lowest BCUT2D eigenvalue weighted by atomic mass is 9.99. The number of carbonyl (C=O) groups excluding carboxylic acids is 2. The van der Waals surface area contributed by atoms with Crippen LogP contribution in [0.3, 0.4) is 0 Å². The van der Waals surface area contributed by atoms with Gasteiger partial charge in [-0.2, -0.15) is 0 Å². The molecule has 204 valence electrons. The van der Waals surface area contributed by atoms with Crippen molar-refractivity contribution in [3.63, 3.8) is 0 Å². The Morgan fingerprint density at radius 2 is 1.79 bits per heavy atom. The minimum Gasteiger partial charge on any atom is -0.485 e. The molecular weight excluding hydrogens is 482 g/mol. The molecule has 38 heavy (non-hydrogen) atoms. The number of aliphatic hydroxyl groups excluding tert-OH is 1. The third kappa shape index (κ3) is 5.58. The van der Waals surface area contributed by atoms with E-state index >= 15 is 0 Å². The maximum atomic E-state index is 13.6. The summed E-state index contributed by atoms with van der Waals surface area (Å²) in [4.78, 5) is 32.8. The molecule has 0 radical (unpaired) electrons. The van der Waals surface area contributed by atoms with Crippen LogP contribution in [0.2, 0.25) is 0 Å². The third-order valence-electron chi connectivity index (χ3n) is 7.72. The molecule has 1 saturated heterocycles. The fourth-order valence-corrected chi connectivity index (χ4v) is 5.97. The lowest BCUT2D eigenvalue weighted by molar-refractivity contribution is -0.0249. The highest BCUT2D eigenvalue weighted by molar-refractivity contribution is 6.00. The first-order chi connectivity index (χ1) is 18.1. The Morgan fingerprint density at radius 1 is 1.08 bits per heavy atom. The largest absolute Gasteiger partial charge is 0.485 e. The van der Waals surface area contributed by atoms with Crippen molar-refractivity contribution in [1.82, 2.24) is 14.7 Å². The van der Waals surface area contributed by atoms with Gasteiger partial charge in [0.1, 0.15) is 11.4 Å². The SMILES string of the molecule is CC1COCC(C)N1C(=O)c1ccc2c(c1)OC(C)(C)CN(CC(O)CN1CCc3ccccc3C1)C2=O. The summed E-state index contributed by atoms with van der Waals surface area (Å²) in [6, 6.07) is 13.4. The van der Waals surface area contributed by atoms with E-state index in [0.717, 1.165) is 19.5 Å². The van der Waals surface area contributed by atoms with Crippen molar-refractivity contribution >= 4 is 11.8 Å². The second-order valence-corrected chi connectivity index (χ2v) is 11.6. The van der Waals surface area contributed by atoms with Crippen LogP contribution in [0.4, 0.5) is 0 Å². The Bertz CT molecular complexity index is 1190. The van der Waals surface area contributed by atoms with Gasteiger partial charge in [0.05, 0.1) is 43.5 Å². The number of nitrogens with zero attached hydrogens (tertiary/aromatic N) is 3. The molecule has 0 spiro atoms. The lowest BCUT2D eigenvalue weighted by Gasteiger charge is -2.39. The Hall–Kier alpha value is -2.94. The number of morpholine rings is 1. The van der Waals surface area contributed by atoms with Crippen LogP contribution in [0.15, 0.2) is 42.5 Å². The van der Waals surface area contributed by atoms with E-state index in [9.17, 15) is 14.7 Å². The van der Waals surface area contributed by atoms with E-state index < -0.39 is 11.7 Å². The van der Waals surface area contributed by atoms with Crippen molar-refractivity contribution < 1.29 is 24.2 Å². The fraction of sp³-hybridized carbons (Fsp3) is 0.533. The van der Waals surface area contributed by atoms with Crippen LogP contribution >= 0.6 is 0 Å². The van der Waals surface area contributed by atoms with E-state index in [-0.39, 0.29) is 30.4 Å². The van der Waals surface area contributed by atoms with Crippen LogP contribution in [0, 0.1) is 0 Å². The number of carbonyl (C=O) groups is 2. The van der Waals surface area contributed by atoms with Gasteiger partial charge in [0.25, 0.3) is 11.8 Å². The number of β-amino-alcohol motifs (C(OH)–C–C–N with tert-alkyl or cyclic N) is 1. The van der Waals surface area contributed by atoms with Crippen LogP contribution in [0.1, 0.15) is 59.5 Å². The Labute approximate surface area is 225 Å². The molecule has 0 saturated carbocycles. The summed E-state index contributed by atoms with van der Waals surface area (Å²) in [5.74, 6) is 0.120. The van der Waals surface area contributed by atoms with Gasteiger partial charge in [-0.25, -0.2) is 0 Å². The molecule has 3 aliphatic heterocycles. The van der Waals surface area contributed by atoms with Crippen molar-refractivity contribution in [3.05, 3.63) is 64.7 Å². The van der Waals surface area contributed by atoms with Crippen LogP contribution in [-0.4, -0.2) is 94.8 Å². The molecule has 2 aromatic rings. The maximum Gasteiger partial charge on any atom is 0.257 e. The number of benzene rings is 2. The summed E-state index contributed by atoms with van der Waals surface area (Å²) in [6.07, 6.45) is 0.273. The molecule has 1 N–H and O–H groups in total. The molecule has 3 unspecified atom stereocenters. The molecule has 3 aliphatic rings. The normalized spacial score (nSPS) is 24.2. The van der Waals surface area contributed by atoms with Gasteiger partial charge in [-0.3, -0.25) is 14.5 Å². The maximum absolute atomic E-state index is 13.6. The predicted molar refractivity (Wildman–Crippen MR) is 144 cm³/mol. The number of fused-ring (bicyclic) bond motifs is 2.